The normalized spacial score (nSPS) is 11.0. The van der Waals surface area contributed by atoms with Gasteiger partial charge in [-0.2, -0.15) is 0 Å². The molecule has 4 heteroatoms. The third kappa shape index (κ3) is 7.49. The van der Waals surface area contributed by atoms with Crippen LogP contribution in [0.3, 0.4) is 0 Å². The van der Waals surface area contributed by atoms with Gasteiger partial charge >= 0.3 is 6.09 Å². The van der Waals surface area contributed by atoms with Gasteiger partial charge in [0.25, 0.3) is 0 Å². The number of nitrogens with zero attached hydrogens (tertiary/aromatic N) is 1. The highest BCUT2D eigenvalue weighted by molar-refractivity contribution is 5.68. The van der Waals surface area contributed by atoms with E-state index in [1.165, 1.54) is 0 Å². The second-order valence-electron chi connectivity index (χ2n) is 6.05. The van der Waals surface area contributed by atoms with Gasteiger partial charge in [0.15, 0.2) is 0 Å². The van der Waals surface area contributed by atoms with Crippen molar-refractivity contribution in [1.29, 1.82) is 0 Å². The molecule has 0 unspecified atom stereocenters. The summed E-state index contributed by atoms with van der Waals surface area (Å²) in [6, 6.07) is 9.83. The molecule has 21 heavy (non-hydrogen) atoms. The van der Waals surface area contributed by atoms with Crippen molar-refractivity contribution in [1.82, 2.24) is 4.90 Å². The Kier molecular flexibility index (Phi) is 6.92. The molecule has 1 aromatic carbocycles. The molecule has 0 radical (unpaired) electrons. The van der Waals surface area contributed by atoms with Crippen molar-refractivity contribution in [3.05, 3.63) is 35.9 Å². The standard InChI is InChI=1S/C17H25NO3/c1-17(2,3)21-16(20)18(12-8-5-9-13-19)14-15-10-6-4-7-11-15/h4,6-7,10-11,13H,5,8-9,12,14H2,1-3H3. The number of aldehydes is 1. The molecule has 1 amide bonds. The molecule has 0 atom stereocenters. The molecule has 0 spiro atoms. The summed E-state index contributed by atoms with van der Waals surface area (Å²) in [7, 11) is 0. The van der Waals surface area contributed by atoms with E-state index in [0.29, 0.717) is 19.5 Å². The van der Waals surface area contributed by atoms with Gasteiger partial charge in [-0.25, -0.2) is 4.79 Å². The summed E-state index contributed by atoms with van der Waals surface area (Å²) in [6.07, 6.45) is 2.72. The Hall–Kier alpha value is -1.84. The van der Waals surface area contributed by atoms with E-state index in [2.05, 4.69) is 0 Å². The van der Waals surface area contributed by atoms with Crippen LogP contribution in [-0.4, -0.2) is 29.4 Å². The minimum atomic E-state index is -0.505. The summed E-state index contributed by atoms with van der Waals surface area (Å²) in [5.41, 5.74) is 0.563. The third-order valence-electron chi connectivity index (χ3n) is 2.87. The fourth-order valence-corrected chi connectivity index (χ4v) is 1.90. The lowest BCUT2D eigenvalue weighted by atomic mass is 10.2. The first kappa shape index (κ1) is 17.2. The summed E-state index contributed by atoms with van der Waals surface area (Å²) in [6.45, 7) is 6.70. The summed E-state index contributed by atoms with van der Waals surface area (Å²) in [5, 5.41) is 0. The van der Waals surface area contributed by atoms with Crippen molar-refractivity contribution in [3.8, 4) is 0 Å². The highest BCUT2D eigenvalue weighted by atomic mass is 16.6. The van der Waals surface area contributed by atoms with E-state index >= 15 is 0 Å². The molecule has 0 saturated carbocycles. The van der Waals surface area contributed by atoms with E-state index in [4.69, 9.17) is 4.74 Å². The Morgan fingerprint density at radius 1 is 1.19 bits per heavy atom. The van der Waals surface area contributed by atoms with Gasteiger partial charge in [-0.1, -0.05) is 30.3 Å². The SMILES string of the molecule is CC(C)(C)OC(=O)N(CCCCC=O)Cc1ccccc1. The van der Waals surface area contributed by atoms with E-state index in [9.17, 15) is 9.59 Å². The van der Waals surface area contributed by atoms with Gasteiger partial charge < -0.3 is 14.4 Å². The van der Waals surface area contributed by atoms with Gasteiger partial charge in [-0.3, -0.25) is 0 Å². The smallest absolute Gasteiger partial charge is 0.410 e. The maximum Gasteiger partial charge on any atom is 0.410 e. The number of amides is 1. The molecule has 0 aliphatic heterocycles. The van der Waals surface area contributed by atoms with Crippen molar-refractivity contribution in [2.45, 2.75) is 52.2 Å². The van der Waals surface area contributed by atoms with E-state index in [1.807, 2.05) is 51.1 Å². The first-order valence-electron chi connectivity index (χ1n) is 7.38. The molecule has 0 aliphatic rings. The summed E-state index contributed by atoms with van der Waals surface area (Å²) >= 11 is 0. The van der Waals surface area contributed by atoms with E-state index < -0.39 is 5.60 Å². The fraction of sp³-hybridized carbons (Fsp3) is 0.529. The highest BCUT2D eigenvalue weighted by Gasteiger charge is 2.21. The maximum absolute atomic E-state index is 12.3. The van der Waals surface area contributed by atoms with Crippen LogP contribution < -0.4 is 0 Å². The minimum absolute atomic E-state index is 0.308. The van der Waals surface area contributed by atoms with Crippen LogP contribution in [0.15, 0.2) is 30.3 Å². The van der Waals surface area contributed by atoms with E-state index in [0.717, 1.165) is 24.7 Å². The lowest BCUT2D eigenvalue weighted by molar-refractivity contribution is -0.107. The molecule has 116 valence electrons. The molecule has 0 saturated heterocycles. The zero-order valence-corrected chi connectivity index (χ0v) is 13.2. The maximum atomic E-state index is 12.3. The Bertz CT molecular complexity index is 437. The highest BCUT2D eigenvalue weighted by Crippen LogP contribution is 2.13. The molecule has 0 aliphatic carbocycles. The second kappa shape index (κ2) is 8.45. The third-order valence-corrected chi connectivity index (χ3v) is 2.87. The van der Waals surface area contributed by atoms with Crippen LogP contribution in [-0.2, 0) is 16.1 Å². The summed E-state index contributed by atoms with van der Waals surface area (Å²) in [4.78, 5) is 24.3. The topological polar surface area (TPSA) is 46.6 Å². The Balaban J connectivity index is 2.64. The van der Waals surface area contributed by atoms with Crippen LogP contribution >= 0.6 is 0 Å². The predicted octanol–water partition coefficient (Wildman–Crippen LogP) is 3.79. The van der Waals surface area contributed by atoms with Crippen molar-refractivity contribution in [2.75, 3.05) is 6.54 Å². The average molecular weight is 291 g/mol. The number of hydrogen-bond acceptors (Lipinski definition) is 3. The summed E-state index contributed by atoms with van der Waals surface area (Å²) < 4.78 is 5.45. The predicted molar refractivity (Wildman–Crippen MR) is 83.0 cm³/mol. The molecule has 1 aromatic rings. The molecule has 0 aromatic heterocycles. The largest absolute Gasteiger partial charge is 0.444 e. The van der Waals surface area contributed by atoms with Crippen molar-refractivity contribution < 1.29 is 14.3 Å². The zero-order chi connectivity index (χ0) is 15.7. The molecule has 0 fully saturated rings. The van der Waals surface area contributed by atoms with Gasteiger partial charge in [0.05, 0.1) is 0 Å². The summed E-state index contributed by atoms with van der Waals surface area (Å²) in [5.74, 6) is 0. The fourth-order valence-electron chi connectivity index (χ4n) is 1.90. The Labute approximate surface area is 127 Å². The number of carbonyl (C=O) groups excluding carboxylic acids is 2. The van der Waals surface area contributed by atoms with Crippen LogP contribution in [0.25, 0.3) is 0 Å². The van der Waals surface area contributed by atoms with Gasteiger partial charge in [0.1, 0.15) is 11.9 Å². The lowest BCUT2D eigenvalue weighted by Gasteiger charge is -2.27. The van der Waals surface area contributed by atoms with Crippen molar-refractivity contribution in [3.63, 3.8) is 0 Å². The Morgan fingerprint density at radius 3 is 2.43 bits per heavy atom. The minimum Gasteiger partial charge on any atom is -0.444 e. The van der Waals surface area contributed by atoms with Crippen LogP contribution in [0.2, 0.25) is 0 Å². The van der Waals surface area contributed by atoms with E-state index in [1.54, 1.807) is 4.90 Å². The van der Waals surface area contributed by atoms with Crippen LogP contribution in [0.5, 0.6) is 0 Å². The number of unbranched alkanes of at least 4 members (excludes halogenated alkanes) is 2. The molecule has 0 bridgehead atoms. The van der Waals surface area contributed by atoms with Gasteiger partial charge in [0, 0.05) is 19.5 Å². The van der Waals surface area contributed by atoms with Gasteiger partial charge in [-0.15, -0.1) is 0 Å². The molecule has 1 rings (SSSR count). The van der Waals surface area contributed by atoms with Crippen LogP contribution in [0.4, 0.5) is 4.79 Å². The zero-order valence-electron chi connectivity index (χ0n) is 13.2. The monoisotopic (exact) mass is 291 g/mol. The number of benzene rings is 1. The molecule has 4 nitrogen and oxygen atoms in total. The van der Waals surface area contributed by atoms with Crippen LogP contribution in [0.1, 0.15) is 45.6 Å². The van der Waals surface area contributed by atoms with Crippen molar-refractivity contribution in [2.24, 2.45) is 0 Å². The average Bonchev–Trinajstić information content (AvgIpc) is 2.41. The second-order valence-corrected chi connectivity index (χ2v) is 6.05. The van der Waals surface area contributed by atoms with Gasteiger partial charge in [0.2, 0.25) is 0 Å². The number of ether oxygens (including phenoxy) is 1. The molecule has 0 heterocycles. The first-order valence-corrected chi connectivity index (χ1v) is 7.38. The quantitative estimate of drug-likeness (QED) is 0.567. The number of rotatable bonds is 7. The Morgan fingerprint density at radius 2 is 1.86 bits per heavy atom. The van der Waals surface area contributed by atoms with Crippen LogP contribution in [0, 0.1) is 0 Å². The van der Waals surface area contributed by atoms with Crippen molar-refractivity contribution >= 4 is 12.4 Å². The number of carbonyl (C=O) groups is 2. The molecular weight excluding hydrogens is 266 g/mol. The number of hydrogen-bond donors (Lipinski definition) is 0. The molecular formula is C17H25NO3. The molecule has 0 N–H and O–H groups in total. The lowest BCUT2D eigenvalue weighted by Crippen LogP contribution is -2.37. The van der Waals surface area contributed by atoms with E-state index in [-0.39, 0.29) is 6.09 Å². The van der Waals surface area contributed by atoms with Gasteiger partial charge in [-0.05, 0) is 39.2 Å². The first-order chi connectivity index (χ1) is 9.92.